The first-order valence-corrected chi connectivity index (χ1v) is 5.85. The molecule has 2 aromatic rings. The third kappa shape index (κ3) is 3.29. The van der Waals surface area contributed by atoms with E-state index in [2.05, 4.69) is 15.5 Å². The molecule has 0 aliphatic carbocycles. The molecular formula is C11H5Cl2F4N3. The van der Waals surface area contributed by atoms with Crippen LogP contribution in [0.4, 0.5) is 28.9 Å². The molecule has 0 bridgehead atoms. The van der Waals surface area contributed by atoms with Crippen LogP contribution in [0.15, 0.2) is 24.3 Å². The third-order valence-corrected chi connectivity index (χ3v) is 2.73. The maximum atomic E-state index is 13.1. The van der Waals surface area contributed by atoms with Gasteiger partial charge in [0.15, 0.2) is 10.3 Å². The lowest BCUT2D eigenvalue weighted by molar-refractivity contribution is -0.139. The van der Waals surface area contributed by atoms with Gasteiger partial charge in [-0.3, -0.25) is 0 Å². The van der Waals surface area contributed by atoms with E-state index in [0.29, 0.717) is 12.1 Å². The minimum Gasteiger partial charge on any atom is -0.353 e. The number of alkyl halides is 3. The van der Waals surface area contributed by atoms with E-state index >= 15 is 0 Å². The smallest absolute Gasteiger partial charge is 0.353 e. The minimum atomic E-state index is -4.79. The van der Waals surface area contributed by atoms with Crippen LogP contribution in [0.1, 0.15) is 5.56 Å². The molecule has 0 atom stereocenters. The Balaban J connectivity index is 2.37. The summed E-state index contributed by atoms with van der Waals surface area (Å²) in [6.45, 7) is 0. The number of nitrogens with one attached hydrogen (secondary N) is 1. The first kappa shape index (κ1) is 14.8. The molecule has 1 N–H and O–H groups in total. The molecule has 1 aromatic carbocycles. The van der Waals surface area contributed by atoms with Crippen LogP contribution in [-0.2, 0) is 6.18 Å². The van der Waals surface area contributed by atoms with E-state index in [1.54, 1.807) is 0 Å². The molecule has 1 aromatic heterocycles. The normalized spacial score (nSPS) is 11.5. The van der Waals surface area contributed by atoms with Crippen LogP contribution in [0, 0.1) is 5.82 Å². The summed E-state index contributed by atoms with van der Waals surface area (Å²) in [4.78, 5) is 0. The molecule has 1 heterocycles. The zero-order valence-electron chi connectivity index (χ0n) is 9.47. The van der Waals surface area contributed by atoms with Gasteiger partial charge >= 0.3 is 6.18 Å². The van der Waals surface area contributed by atoms with Crippen molar-refractivity contribution in [2.24, 2.45) is 0 Å². The van der Waals surface area contributed by atoms with Gasteiger partial charge in [0.2, 0.25) is 0 Å². The molecule has 3 nitrogen and oxygen atoms in total. The molecule has 0 amide bonds. The SMILES string of the molecule is Fc1ccc(Nc2cc(Cl)nnc2Cl)cc1C(F)(F)F. The van der Waals surface area contributed by atoms with Crippen LogP contribution in [0.3, 0.4) is 0 Å². The number of rotatable bonds is 2. The Morgan fingerprint density at radius 2 is 1.75 bits per heavy atom. The van der Waals surface area contributed by atoms with E-state index in [1.165, 1.54) is 6.07 Å². The highest BCUT2D eigenvalue weighted by Gasteiger charge is 2.34. The quantitative estimate of drug-likeness (QED) is 0.814. The number of hydrogen-bond donors (Lipinski definition) is 1. The minimum absolute atomic E-state index is 0.00931. The Morgan fingerprint density at radius 1 is 1.05 bits per heavy atom. The number of anilines is 2. The van der Waals surface area contributed by atoms with Crippen molar-refractivity contribution in [3.05, 3.63) is 46.0 Å². The summed E-state index contributed by atoms with van der Waals surface area (Å²) in [5.74, 6) is -1.36. The fraction of sp³-hybridized carbons (Fsp3) is 0.0909. The zero-order valence-corrected chi connectivity index (χ0v) is 11.0. The van der Waals surface area contributed by atoms with Gasteiger partial charge in [0.25, 0.3) is 0 Å². The summed E-state index contributed by atoms with van der Waals surface area (Å²) in [5.41, 5.74) is -1.23. The highest BCUT2D eigenvalue weighted by atomic mass is 35.5. The van der Waals surface area contributed by atoms with Gasteiger partial charge in [-0.1, -0.05) is 23.2 Å². The second-order valence-corrected chi connectivity index (χ2v) is 4.43. The van der Waals surface area contributed by atoms with Crippen molar-refractivity contribution in [1.29, 1.82) is 0 Å². The average Bonchev–Trinajstić information content (AvgIpc) is 2.35. The van der Waals surface area contributed by atoms with E-state index in [4.69, 9.17) is 23.2 Å². The van der Waals surface area contributed by atoms with Gasteiger partial charge in [-0.15, -0.1) is 10.2 Å². The Labute approximate surface area is 120 Å². The highest BCUT2D eigenvalue weighted by Crippen LogP contribution is 2.34. The summed E-state index contributed by atoms with van der Waals surface area (Å²) in [7, 11) is 0. The van der Waals surface area contributed by atoms with Crippen molar-refractivity contribution in [2.45, 2.75) is 6.18 Å². The first-order chi connectivity index (χ1) is 9.27. The van der Waals surface area contributed by atoms with Crippen LogP contribution in [0.2, 0.25) is 10.3 Å². The lowest BCUT2D eigenvalue weighted by Gasteiger charge is -2.12. The van der Waals surface area contributed by atoms with E-state index in [1.807, 2.05) is 0 Å². The number of nitrogens with zero attached hydrogens (tertiary/aromatic N) is 2. The van der Waals surface area contributed by atoms with Gasteiger partial charge < -0.3 is 5.32 Å². The second kappa shape index (κ2) is 5.41. The Bertz CT molecular complexity index is 646. The Morgan fingerprint density at radius 3 is 2.40 bits per heavy atom. The molecular weight excluding hydrogens is 321 g/mol. The predicted molar refractivity (Wildman–Crippen MR) is 66.7 cm³/mol. The second-order valence-electron chi connectivity index (χ2n) is 3.69. The lowest BCUT2D eigenvalue weighted by Crippen LogP contribution is -2.08. The van der Waals surface area contributed by atoms with Crippen molar-refractivity contribution in [2.75, 3.05) is 5.32 Å². The molecule has 0 saturated carbocycles. The number of aromatic nitrogens is 2. The van der Waals surface area contributed by atoms with Gasteiger partial charge in [-0.05, 0) is 18.2 Å². The van der Waals surface area contributed by atoms with E-state index in [9.17, 15) is 17.6 Å². The molecule has 0 unspecified atom stereocenters. The zero-order chi connectivity index (χ0) is 14.9. The summed E-state index contributed by atoms with van der Waals surface area (Å²) in [6, 6.07) is 3.75. The maximum absolute atomic E-state index is 13.1. The standard InChI is InChI=1S/C11H5Cl2F4N3/c12-9-4-8(10(13)20-19-9)18-5-1-2-7(14)6(3-5)11(15,16)17/h1-4H,(H,18,19). The molecule has 9 heteroatoms. The highest BCUT2D eigenvalue weighted by molar-refractivity contribution is 6.33. The van der Waals surface area contributed by atoms with Gasteiger partial charge in [-0.25, -0.2) is 4.39 Å². The molecule has 0 saturated heterocycles. The van der Waals surface area contributed by atoms with Gasteiger partial charge in [0.05, 0.1) is 11.3 Å². The van der Waals surface area contributed by atoms with E-state index < -0.39 is 17.6 Å². The average molecular weight is 326 g/mol. The fourth-order valence-corrected chi connectivity index (χ4v) is 1.70. The van der Waals surface area contributed by atoms with Crippen LogP contribution < -0.4 is 5.32 Å². The summed E-state index contributed by atoms with van der Waals surface area (Å²) < 4.78 is 50.9. The summed E-state index contributed by atoms with van der Waals surface area (Å²) in [5, 5.41) is 9.44. The van der Waals surface area contributed by atoms with Gasteiger partial charge in [0, 0.05) is 11.8 Å². The van der Waals surface area contributed by atoms with Crippen LogP contribution in [0.25, 0.3) is 0 Å². The van der Waals surface area contributed by atoms with E-state index in [-0.39, 0.29) is 21.7 Å². The van der Waals surface area contributed by atoms with E-state index in [0.717, 1.165) is 6.07 Å². The summed E-state index contributed by atoms with van der Waals surface area (Å²) >= 11 is 11.3. The molecule has 20 heavy (non-hydrogen) atoms. The molecule has 0 radical (unpaired) electrons. The molecule has 0 fully saturated rings. The number of benzene rings is 1. The molecule has 0 aliphatic rings. The van der Waals surface area contributed by atoms with Crippen molar-refractivity contribution in [1.82, 2.24) is 10.2 Å². The molecule has 0 spiro atoms. The molecule has 2 rings (SSSR count). The van der Waals surface area contributed by atoms with Crippen LogP contribution >= 0.6 is 23.2 Å². The summed E-state index contributed by atoms with van der Waals surface area (Å²) in [6.07, 6.45) is -4.79. The van der Waals surface area contributed by atoms with Gasteiger partial charge in [-0.2, -0.15) is 13.2 Å². The van der Waals surface area contributed by atoms with Crippen molar-refractivity contribution in [3.63, 3.8) is 0 Å². The fourth-order valence-electron chi connectivity index (χ4n) is 1.42. The van der Waals surface area contributed by atoms with Crippen molar-refractivity contribution in [3.8, 4) is 0 Å². The lowest BCUT2D eigenvalue weighted by atomic mass is 10.1. The molecule has 0 aliphatic heterocycles. The van der Waals surface area contributed by atoms with Crippen LogP contribution in [-0.4, -0.2) is 10.2 Å². The predicted octanol–water partition coefficient (Wildman–Crippen LogP) is 4.68. The molecule has 106 valence electrons. The monoisotopic (exact) mass is 325 g/mol. The number of halogens is 6. The van der Waals surface area contributed by atoms with Crippen LogP contribution in [0.5, 0.6) is 0 Å². The van der Waals surface area contributed by atoms with Gasteiger partial charge in [0.1, 0.15) is 5.82 Å². The van der Waals surface area contributed by atoms with Crippen molar-refractivity contribution >= 4 is 34.6 Å². The maximum Gasteiger partial charge on any atom is 0.419 e. The Kier molecular flexibility index (Phi) is 4.01. The van der Waals surface area contributed by atoms with Crippen molar-refractivity contribution < 1.29 is 17.6 Å². The number of hydrogen-bond acceptors (Lipinski definition) is 3. The third-order valence-electron chi connectivity index (χ3n) is 2.27. The topological polar surface area (TPSA) is 37.8 Å². The largest absolute Gasteiger partial charge is 0.419 e. The first-order valence-electron chi connectivity index (χ1n) is 5.10. The Hall–Kier alpha value is -1.60.